The predicted octanol–water partition coefficient (Wildman–Crippen LogP) is 3.23. The van der Waals surface area contributed by atoms with Crippen molar-refractivity contribution in [1.82, 2.24) is 20.2 Å². The molecular weight excluding hydrogens is 380 g/mol. The Morgan fingerprint density at radius 1 is 1.10 bits per heavy atom. The Morgan fingerprint density at radius 2 is 1.83 bits per heavy atom. The van der Waals surface area contributed by atoms with Gasteiger partial charge in [-0.05, 0) is 47.4 Å². The van der Waals surface area contributed by atoms with Crippen molar-refractivity contribution in [2.24, 2.45) is 0 Å². The van der Waals surface area contributed by atoms with E-state index in [-0.39, 0.29) is 18.4 Å². The summed E-state index contributed by atoms with van der Waals surface area (Å²) in [6.07, 6.45) is 1.47. The van der Waals surface area contributed by atoms with E-state index in [0.29, 0.717) is 23.9 Å². The number of nitrogens with zero attached hydrogens (tertiary/aromatic N) is 5. The van der Waals surface area contributed by atoms with Crippen LogP contribution in [0.4, 0.5) is 11.4 Å². The number of aromatic nitrogens is 4. The summed E-state index contributed by atoms with van der Waals surface area (Å²) in [6.45, 7) is 4.98. The lowest BCUT2D eigenvalue weighted by Gasteiger charge is -2.16. The van der Waals surface area contributed by atoms with Crippen LogP contribution in [0.3, 0.4) is 0 Å². The Kier molecular flexibility index (Phi) is 5.56. The predicted molar refractivity (Wildman–Crippen MR) is 114 cm³/mol. The highest BCUT2D eigenvalue weighted by molar-refractivity contribution is 5.96. The molecule has 0 radical (unpaired) electrons. The number of hydrogen-bond donors (Lipinski definition) is 1. The summed E-state index contributed by atoms with van der Waals surface area (Å²) >= 11 is 0. The Morgan fingerprint density at radius 3 is 2.47 bits per heavy atom. The number of amides is 2. The molecule has 8 nitrogen and oxygen atoms in total. The molecule has 0 unspecified atom stereocenters. The van der Waals surface area contributed by atoms with E-state index in [2.05, 4.69) is 34.6 Å². The van der Waals surface area contributed by atoms with Gasteiger partial charge in [0.05, 0.1) is 0 Å². The molecule has 1 fully saturated rings. The molecule has 154 valence electrons. The van der Waals surface area contributed by atoms with Crippen molar-refractivity contribution in [3.8, 4) is 11.4 Å². The summed E-state index contributed by atoms with van der Waals surface area (Å²) in [7, 11) is 0. The van der Waals surface area contributed by atoms with E-state index in [0.717, 1.165) is 24.2 Å². The van der Waals surface area contributed by atoms with Crippen molar-refractivity contribution in [3.63, 3.8) is 0 Å². The molecule has 1 aromatic heterocycles. The monoisotopic (exact) mass is 404 g/mol. The Hall–Kier alpha value is -3.55. The van der Waals surface area contributed by atoms with E-state index in [1.807, 2.05) is 36.4 Å². The second-order valence-corrected chi connectivity index (χ2v) is 7.66. The van der Waals surface area contributed by atoms with Crippen LogP contribution in [0.1, 0.15) is 38.2 Å². The quantitative estimate of drug-likeness (QED) is 0.681. The molecule has 8 heteroatoms. The zero-order chi connectivity index (χ0) is 21.1. The van der Waals surface area contributed by atoms with Crippen molar-refractivity contribution >= 4 is 23.2 Å². The molecule has 0 bridgehead atoms. The first-order valence-corrected chi connectivity index (χ1v) is 10.1. The Bertz CT molecular complexity index is 1040. The van der Waals surface area contributed by atoms with E-state index in [1.165, 1.54) is 10.4 Å². The summed E-state index contributed by atoms with van der Waals surface area (Å²) in [5, 5.41) is 15.1. The van der Waals surface area contributed by atoms with Crippen molar-refractivity contribution < 1.29 is 9.59 Å². The van der Waals surface area contributed by atoms with E-state index in [4.69, 9.17) is 0 Å². The topological polar surface area (TPSA) is 93.0 Å². The zero-order valence-corrected chi connectivity index (χ0v) is 17.1. The number of nitrogens with one attached hydrogen (secondary N) is 1. The van der Waals surface area contributed by atoms with Gasteiger partial charge < -0.3 is 10.2 Å². The SMILES string of the molecule is CC(C)c1ccc(-c2nnn(CC(=O)Nc3ccc(N4CCCC4=O)cc3)n2)cc1. The van der Waals surface area contributed by atoms with Gasteiger partial charge in [-0.1, -0.05) is 38.1 Å². The van der Waals surface area contributed by atoms with Gasteiger partial charge in [-0.15, -0.1) is 10.2 Å². The molecule has 0 aliphatic carbocycles. The molecule has 2 amide bonds. The Balaban J connectivity index is 1.36. The molecule has 4 rings (SSSR count). The molecule has 30 heavy (non-hydrogen) atoms. The van der Waals surface area contributed by atoms with Gasteiger partial charge >= 0.3 is 0 Å². The highest BCUT2D eigenvalue weighted by atomic mass is 16.2. The van der Waals surface area contributed by atoms with Gasteiger partial charge in [-0.25, -0.2) is 0 Å². The molecule has 1 aliphatic heterocycles. The maximum atomic E-state index is 12.3. The van der Waals surface area contributed by atoms with Crippen LogP contribution in [0.15, 0.2) is 48.5 Å². The number of carbonyl (C=O) groups is 2. The standard InChI is InChI=1S/C22H24N6O2/c1-15(2)16-5-7-17(8-6-16)22-24-26-28(25-22)14-20(29)23-18-9-11-19(12-10-18)27-13-3-4-21(27)30/h5-12,15H,3-4,13-14H2,1-2H3,(H,23,29). The van der Waals surface area contributed by atoms with Gasteiger partial charge in [0.2, 0.25) is 17.6 Å². The molecule has 0 saturated carbocycles. The van der Waals surface area contributed by atoms with Crippen LogP contribution < -0.4 is 10.2 Å². The van der Waals surface area contributed by atoms with Crippen molar-refractivity contribution in [3.05, 3.63) is 54.1 Å². The summed E-state index contributed by atoms with van der Waals surface area (Å²) in [5.74, 6) is 0.826. The summed E-state index contributed by atoms with van der Waals surface area (Å²) in [5.41, 5.74) is 3.60. The third kappa shape index (κ3) is 4.37. The van der Waals surface area contributed by atoms with Gasteiger partial charge in [0.15, 0.2) is 0 Å². The van der Waals surface area contributed by atoms with Crippen molar-refractivity contribution in [2.45, 2.75) is 39.2 Å². The number of benzene rings is 2. The van der Waals surface area contributed by atoms with E-state index in [9.17, 15) is 9.59 Å². The highest BCUT2D eigenvalue weighted by Crippen LogP contribution is 2.23. The van der Waals surface area contributed by atoms with Gasteiger partial charge in [0.25, 0.3) is 0 Å². The molecular formula is C22H24N6O2. The van der Waals surface area contributed by atoms with Crippen LogP contribution in [-0.2, 0) is 16.1 Å². The number of hydrogen-bond acceptors (Lipinski definition) is 5. The third-order valence-corrected chi connectivity index (χ3v) is 5.11. The van der Waals surface area contributed by atoms with E-state index >= 15 is 0 Å². The number of anilines is 2. The van der Waals surface area contributed by atoms with Crippen molar-refractivity contribution in [2.75, 3.05) is 16.8 Å². The van der Waals surface area contributed by atoms with Crippen LogP contribution in [0.25, 0.3) is 11.4 Å². The van der Waals surface area contributed by atoms with Crippen LogP contribution in [0.5, 0.6) is 0 Å². The molecule has 2 aromatic carbocycles. The molecule has 0 spiro atoms. The summed E-state index contributed by atoms with van der Waals surface area (Å²) < 4.78 is 0. The largest absolute Gasteiger partial charge is 0.324 e. The first-order chi connectivity index (χ1) is 14.5. The molecule has 1 aliphatic rings. The average molecular weight is 404 g/mol. The van der Waals surface area contributed by atoms with Crippen LogP contribution in [-0.4, -0.2) is 38.6 Å². The third-order valence-electron chi connectivity index (χ3n) is 5.11. The van der Waals surface area contributed by atoms with Gasteiger partial charge in [-0.3, -0.25) is 9.59 Å². The molecule has 3 aromatic rings. The highest BCUT2D eigenvalue weighted by Gasteiger charge is 2.21. The van der Waals surface area contributed by atoms with Gasteiger partial charge in [-0.2, -0.15) is 4.80 Å². The number of tetrazole rings is 1. The van der Waals surface area contributed by atoms with E-state index in [1.54, 1.807) is 17.0 Å². The number of rotatable bonds is 6. The molecule has 1 N–H and O–H groups in total. The van der Waals surface area contributed by atoms with Crippen LogP contribution in [0.2, 0.25) is 0 Å². The van der Waals surface area contributed by atoms with Crippen molar-refractivity contribution in [1.29, 1.82) is 0 Å². The lowest BCUT2D eigenvalue weighted by molar-refractivity contribution is -0.117. The first kappa shape index (κ1) is 19.8. The zero-order valence-electron chi connectivity index (χ0n) is 17.1. The maximum absolute atomic E-state index is 12.3. The minimum atomic E-state index is -0.251. The van der Waals surface area contributed by atoms with Gasteiger partial charge in [0, 0.05) is 29.9 Å². The molecule has 2 heterocycles. The maximum Gasteiger partial charge on any atom is 0.248 e. The van der Waals surface area contributed by atoms with Gasteiger partial charge in [0.1, 0.15) is 6.54 Å². The number of carbonyl (C=O) groups excluding carboxylic acids is 2. The minimum Gasteiger partial charge on any atom is -0.324 e. The van der Waals surface area contributed by atoms with Crippen LogP contribution >= 0.6 is 0 Å². The second-order valence-electron chi connectivity index (χ2n) is 7.66. The Labute approximate surface area is 174 Å². The lowest BCUT2D eigenvalue weighted by atomic mass is 10.0. The average Bonchev–Trinajstić information content (AvgIpc) is 3.37. The van der Waals surface area contributed by atoms with E-state index < -0.39 is 0 Å². The first-order valence-electron chi connectivity index (χ1n) is 10.1. The molecule has 1 saturated heterocycles. The normalized spacial score (nSPS) is 13.8. The fraction of sp³-hybridized carbons (Fsp3) is 0.318. The van der Waals surface area contributed by atoms with Crippen LogP contribution in [0, 0.1) is 0 Å². The fourth-order valence-corrected chi connectivity index (χ4v) is 3.42. The molecule has 0 atom stereocenters. The fourth-order valence-electron chi connectivity index (χ4n) is 3.42. The minimum absolute atomic E-state index is 0.0383. The lowest BCUT2D eigenvalue weighted by Crippen LogP contribution is -2.23. The second kappa shape index (κ2) is 8.44. The summed E-state index contributed by atoms with van der Waals surface area (Å²) in [6, 6.07) is 15.3. The smallest absolute Gasteiger partial charge is 0.248 e. The summed E-state index contributed by atoms with van der Waals surface area (Å²) in [4.78, 5) is 27.2.